The Morgan fingerprint density at radius 3 is 1.62 bits per heavy atom. The van der Waals surface area contributed by atoms with E-state index in [-0.39, 0.29) is 5.78 Å². The van der Waals surface area contributed by atoms with Crippen molar-refractivity contribution in [3.63, 3.8) is 0 Å². The number of Topliss-reactive ketones (excluding diaryl/α,β-unsaturated/α-hetero) is 1. The van der Waals surface area contributed by atoms with Crippen molar-refractivity contribution < 1.29 is 4.79 Å². The van der Waals surface area contributed by atoms with Crippen LogP contribution in [-0.4, -0.2) is 5.78 Å². The predicted octanol–water partition coefficient (Wildman–Crippen LogP) is 3.04. The SMILES string of the molecule is C=C1C(C)=C(C)C(=C)C1(C)C(C)=O. The van der Waals surface area contributed by atoms with Crippen LogP contribution in [0.1, 0.15) is 27.7 Å². The number of hydrogen-bond acceptors (Lipinski definition) is 1. The zero-order valence-corrected chi connectivity index (χ0v) is 8.82. The molecule has 1 aliphatic carbocycles. The highest BCUT2D eigenvalue weighted by Gasteiger charge is 2.42. The van der Waals surface area contributed by atoms with Crippen LogP contribution in [-0.2, 0) is 4.79 Å². The summed E-state index contributed by atoms with van der Waals surface area (Å²) < 4.78 is 0. The monoisotopic (exact) mass is 176 g/mol. The van der Waals surface area contributed by atoms with E-state index >= 15 is 0 Å². The van der Waals surface area contributed by atoms with E-state index in [0.29, 0.717) is 0 Å². The maximum atomic E-state index is 11.5. The standard InChI is InChI=1S/C12H16O/c1-7-8(2)10(4)12(6,9(7)3)11(5)13/h3-4H2,1-2,5-6H3. The molecule has 0 heterocycles. The van der Waals surface area contributed by atoms with Crippen LogP contribution >= 0.6 is 0 Å². The molecule has 1 heteroatoms. The fourth-order valence-corrected chi connectivity index (χ4v) is 1.81. The van der Waals surface area contributed by atoms with Gasteiger partial charge in [-0.3, -0.25) is 4.79 Å². The molecule has 0 spiro atoms. The molecule has 0 bridgehead atoms. The van der Waals surface area contributed by atoms with E-state index in [1.165, 1.54) is 0 Å². The van der Waals surface area contributed by atoms with Crippen LogP contribution in [0.15, 0.2) is 35.5 Å². The Morgan fingerprint density at radius 1 is 1.15 bits per heavy atom. The Bertz CT molecular complexity index is 318. The molecule has 1 rings (SSSR count). The Morgan fingerprint density at radius 2 is 1.46 bits per heavy atom. The third kappa shape index (κ3) is 1.03. The Balaban J connectivity index is 3.33. The Hall–Kier alpha value is -1.11. The van der Waals surface area contributed by atoms with Crippen LogP contribution in [0.25, 0.3) is 0 Å². The van der Waals surface area contributed by atoms with Gasteiger partial charge >= 0.3 is 0 Å². The fourth-order valence-electron chi connectivity index (χ4n) is 1.81. The van der Waals surface area contributed by atoms with Gasteiger partial charge in [-0.2, -0.15) is 0 Å². The molecule has 0 aliphatic heterocycles. The quantitative estimate of drug-likeness (QED) is 0.600. The molecular weight excluding hydrogens is 160 g/mol. The van der Waals surface area contributed by atoms with Gasteiger partial charge in [0, 0.05) is 0 Å². The van der Waals surface area contributed by atoms with Crippen LogP contribution in [0.3, 0.4) is 0 Å². The molecule has 13 heavy (non-hydrogen) atoms. The summed E-state index contributed by atoms with van der Waals surface area (Å²) in [5, 5.41) is 0. The summed E-state index contributed by atoms with van der Waals surface area (Å²) >= 11 is 0. The second-order valence-corrected chi connectivity index (χ2v) is 3.89. The second-order valence-electron chi connectivity index (χ2n) is 3.89. The summed E-state index contributed by atoms with van der Waals surface area (Å²) in [7, 11) is 0. The van der Waals surface area contributed by atoms with E-state index < -0.39 is 5.41 Å². The van der Waals surface area contributed by atoms with Gasteiger partial charge in [0.2, 0.25) is 0 Å². The van der Waals surface area contributed by atoms with E-state index in [0.717, 1.165) is 22.3 Å². The van der Waals surface area contributed by atoms with Crippen molar-refractivity contribution in [2.45, 2.75) is 27.7 Å². The minimum atomic E-state index is -0.547. The molecule has 0 fully saturated rings. The van der Waals surface area contributed by atoms with Crippen molar-refractivity contribution in [2.75, 3.05) is 0 Å². The zero-order chi connectivity index (χ0) is 10.4. The average molecular weight is 176 g/mol. The number of rotatable bonds is 1. The van der Waals surface area contributed by atoms with Crippen molar-refractivity contribution in [2.24, 2.45) is 5.41 Å². The Labute approximate surface area is 79.8 Å². The Kier molecular flexibility index (Phi) is 2.07. The number of carbonyl (C=O) groups is 1. The van der Waals surface area contributed by atoms with Gasteiger partial charge in [0.05, 0.1) is 5.41 Å². The van der Waals surface area contributed by atoms with Crippen LogP contribution < -0.4 is 0 Å². The second kappa shape index (κ2) is 2.69. The lowest BCUT2D eigenvalue weighted by atomic mass is 9.76. The molecule has 0 aromatic carbocycles. The molecule has 0 aromatic heterocycles. The summed E-state index contributed by atoms with van der Waals surface area (Å²) in [6.45, 7) is 15.4. The van der Waals surface area contributed by atoms with Crippen LogP contribution in [0.2, 0.25) is 0 Å². The van der Waals surface area contributed by atoms with Gasteiger partial charge in [-0.25, -0.2) is 0 Å². The molecule has 70 valence electrons. The molecule has 0 unspecified atom stereocenters. The van der Waals surface area contributed by atoms with Crippen LogP contribution in [0.4, 0.5) is 0 Å². The highest BCUT2D eigenvalue weighted by Crippen LogP contribution is 2.48. The molecule has 0 radical (unpaired) electrons. The third-order valence-corrected chi connectivity index (χ3v) is 3.38. The van der Waals surface area contributed by atoms with Crippen molar-refractivity contribution in [1.29, 1.82) is 0 Å². The first kappa shape index (κ1) is 9.97. The molecule has 1 nitrogen and oxygen atoms in total. The highest BCUT2D eigenvalue weighted by atomic mass is 16.1. The van der Waals surface area contributed by atoms with E-state index in [1.807, 2.05) is 20.8 Å². The lowest BCUT2D eigenvalue weighted by Crippen LogP contribution is -2.26. The summed E-state index contributed by atoms with van der Waals surface area (Å²) in [6.07, 6.45) is 0. The first-order valence-electron chi connectivity index (χ1n) is 4.41. The number of ketones is 1. The number of hydrogen-bond donors (Lipinski definition) is 0. The summed E-state index contributed by atoms with van der Waals surface area (Å²) in [5.74, 6) is 0.124. The van der Waals surface area contributed by atoms with E-state index in [4.69, 9.17) is 0 Å². The molecule has 0 aromatic rings. The minimum Gasteiger partial charge on any atom is -0.299 e. The van der Waals surface area contributed by atoms with Gasteiger partial charge in [-0.05, 0) is 50.0 Å². The highest BCUT2D eigenvalue weighted by molar-refractivity contribution is 5.93. The number of allylic oxidation sites excluding steroid dienone is 4. The van der Waals surface area contributed by atoms with Gasteiger partial charge < -0.3 is 0 Å². The first-order valence-corrected chi connectivity index (χ1v) is 4.41. The minimum absolute atomic E-state index is 0.124. The van der Waals surface area contributed by atoms with Crippen LogP contribution in [0, 0.1) is 5.41 Å². The largest absolute Gasteiger partial charge is 0.299 e. The topological polar surface area (TPSA) is 17.1 Å². The van der Waals surface area contributed by atoms with Gasteiger partial charge in [-0.1, -0.05) is 13.2 Å². The average Bonchev–Trinajstić information content (AvgIpc) is 2.22. The first-order chi connectivity index (χ1) is 5.83. The van der Waals surface area contributed by atoms with Gasteiger partial charge in [0.25, 0.3) is 0 Å². The smallest absolute Gasteiger partial charge is 0.144 e. The molecule has 1 aliphatic rings. The van der Waals surface area contributed by atoms with E-state index in [2.05, 4.69) is 13.2 Å². The maximum Gasteiger partial charge on any atom is 0.144 e. The predicted molar refractivity (Wildman–Crippen MR) is 55.4 cm³/mol. The summed E-state index contributed by atoms with van der Waals surface area (Å²) in [5.41, 5.74) is 3.49. The molecule has 0 saturated heterocycles. The zero-order valence-electron chi connectivity index (χ0n) is 8.82. The van der Waals surface area contributed by atoms with Gasteiger partial charge in [0.1, 0.15) is 5.78 Å². The molecule has 0 amide bonds. The van der Waals surface area contributed by atoms with Crippen LogP contribution in [0.5, 0.6) is 0 Å². The molecule has 0 atom stereocenters. The van der Waals surface area contributed by atoms with Crippen molar-refractivity contribution >= 4 is 5.78 Å². The van der Waals surface area contributed by atoms with E-state index in [9.17, 15) is 4.79 Å². The molecular formula is C12H16O. The number of carbonyl (C=O) groups excluding carboxylic acids is 1. The maximum absolute atomic E-state index is 11.5. The fraction of sp³-hybridized carbons (Fsp3) is 0.417. The van der Waals surface area contributed by atoms with Crippen molar-refractivity contribution in [3.8, 4) is 0 Å². The normalized spacial score (nSPS) is 21.2. The van der Waals surface area contributed by atoms with Gasteiger partial charge in [0.15, 0.2) is 0 Å². The molecule has 0 saturated carbocycles. The molecule has 0 N–H and O–H groups in total. The summed E-state index contributed by atoms with van der Waals surface area (Å²) in [6, 6.07) is 0. The summed E-state index contributed by atoms with van der Waals surface area (Å²) in [4.78, 5) is 11.5. The van der Waals surface area contributed by atoms with Crippen molar-refractivity contribution in [3.05, 3.63) is 35.5 Å². The lowest BCUT2D eigenvalue weighted by molar-refractivity contribution is -0.122. The third-order valence-electron chi connectivity index (χ3n) is 3.38. The van der Waals surface area contributed by atoms with Gasteiger partial charge in [-0.15, -0.1) is 0 Å². The lowest BCUT2D eigenvalue weighted by Gasteiger charge is -2.24. The van der Waals surface area contributed by atoms with E-state index in [1.54, 1.807) is 6.92 Å². The van der Waals surface area contributed by atoms with Crippen molar-refractivity contribution in [1.82, 2.24) is 0 Å².